The fourth-order valence-electron chi connectivity index (χ4n) is 2.40. The Morgan fingerprint density at radius 3 is 2.69 bits per heavy atom. The first kappa shape index (κ1) is 18.2. The molecule has 2 amide bonds. The number of para-hydroxylation sites is 2. The highest BCUT2D eigenvalue weighted by molar-refractivity contribution is 9.10. The minimum absolute atomic E-state index is 0.0314. The van der Waals surface area contributed by atoms with Crippen LogP contribution in [0.25, 0.3) is 0 Å². The summed E-state index contributed by atoms with van der Waals surface area (Å²) in [5.74, 6) is -0.309. The van der Waals surface area contributed by atoms with Crippen LogP contribution in [0.4, 0.5) is 4.39 Å². The van der Waals surface area contributed by atoms with Gasteiger partial charge >= 0.3 is 0 Å². The van der Waals surface area contributed by atoms with Crippen molar-refractivity contribution in [2.75, 3.05) is 6.61 Å². The Morgan fingerprint density at radius 1 is 1.15 bits per heavy atom. The molecule has 1 unspecified atom stereocenters. The molecule has 1 aliphatic heterocycles. The van der Waals surface area contributed by atoms with E-state index in [4.69, 9.17) is 9.47 Å². The maximum absolute atomic E-state index is 13.7. The largest absolute Gasteiger partial charge is 0.485 e. The average Bonchev–Trinajstić information content (AvgIpc) is 2.65. The van der Waals surface area contributed by atoms with Crippen LogP contribution >= 0.6 is 15.9 Å². The molecule has 1 aliphatic rings. The van der Waals surface area contributed by atoms with Crippen molar-refractivity contribution in [3.8, 4) is 11.5 Å². The lowest BCUT2D eigenvalue weighted by molar-refractivity contribution is -0.135. The Balaban J connectivity index is 1.45. The van der Waals surface area contributed by atoms with Crippen molar-refractivity contribution in [3.63, 3.8) is 0 Å². The summed E-state index contributed by atoms with van der Waals surface area (Å²) in [6.45, 7) is 0.0445. The van der Waals surface area contributed by atoms with Crippen molar-refractivity contribution in [1.82, 2.24) is 10.9 Å². The molecule has 2 aromatic carbocycles. The number of benzene rings is 2. The number of hydrogen-bond acceptors (Lipinski definition) is 4. The van der Waals surface area contributed by atoms with Crippen LogP contribution in [0.15, 0.2) is 46.9 Å². The zero-order chi connectivity index (χ0) is 18.5. The third-order valence-corrected chi connectivity index (χ3v) is 4.26. The van der Waals surface area contributed by atoms with Gasteiger partial charge in [0.05, 0.1) is 0 Å². The first-order chi connectivity index (χ1) is 12.5. The Hall–Kier alpha value is -2.61. The number of rotatable bonds is 4. The zero-order valence-electron chi connectivity index (χ0n) is 13.6. The van der Waals surface area contributed by atoms with Crippen LogP contribution in [0.5, 0.6) is 11.5 Å². The van der Waals surface area contributed by atoms with Gasteiger partial charge in [-0.2, -0.15) is 0 Å². The van der Waals surface area contributed by atoms with Gasteiger partial charge in [0.15, 0.2) is 11.5 Å². The monoisotopic (exact) mass is 422 g/mol. The molecule has 6 nitrogen and oxygen atoms in total. The summed E-state index contributed by atoms with van der Waals surface area (Å²) < 4.78 is 25.3. The summed E-state index contributed by atoms with van der Waals surface area (Å²) in [6, 6.07) is 11.7. The van der Waals surface area contributed by atoms with Gasteiger partial charge in [-0.05, 0) is 36.2 Å². The third kappa shape index (κ3) is 4.51. The number of amides is 2. The Morgan fingerprint density at radius 2 is 1.92 bits per heavy atom. The van der Waals surface area contributed by atoms with E-state index in [2.05, 4.69) is 26.8 Å². The Kier molecular flexibility index (Phi) is 5.72. The Bertz CT molecular complexity index is 831. The second-order valence-electron chi connectivity index (χ2n) is 5.64. The second-order valence-corrected chi connectivity index (χ2v) is 6.55. The van der Waals surface area contributed by atoms with E-state index in [0.29, 0.717) is 21.5 Å². The van der Waals surface area contributed by atoms with Crippen molar-refractivity contribution in [1.29, 1.82) is 0 Å². The quantitative estimate of drug-likeness (QED) is 0.742. The minimum Gasteiger partial charge on any atom is -0.485 e. The SMILES string of the molecule is O=C(CCc1ccc(Br)cc1F)NNC(=O)C1COc2ccccc2O1. The molecule has 0 fully saturated rings. The summed E-state index contributed by atoms with van der Waals surface area (Å²) in [5.41, 5.74) is 5.02. The number of nitrogens with one attached hydrogen (secondary N) is 2. The van der Waals surface area contributed by atoms with Gasteiger partial charge in [-0.3, -0.25) is 20.4 Å². The summed E-state index contributed by atoms with van der Waals surface area (Å²) in [4.78, 5) is 23.9. The van der Waals surface area contributed by atoms with Gasteiger partial charge in [0.1, 0.15) is 12.4 Å². The number of fused-ring (bicyclic) bond motifs is 1. The molecule has 26 heavy (non-hydrogen) atoms. The number of ether oxygens (including phenoxy) is 2. The van der Waals surface area contributed by atoms with Gasteiger partial charge < -0.3 is 9.47 Å². The van der Waals surface area contributed by atoms with E-state index in [0.717, 1.165) is 0 Å². The van der Waals surface area contributed by atoms with E-state index in [1.54, 1.807) is 36.4 Å². The molecule has 8 heteroatoms. The van der Waals surface area contributed by atoms with Crippen LogP contribution in [-0.2, 0) is 16.0 Å². The van der Waals surface area contributed by atoms with Crippen LogP contribution in [0.1, 0.15) is 12.0 Å². The van der Waals surface area contributed by atoms with Crippen molar-refractivity contribution in [2.24, 2.45) is 0 Å². The molecule has 2 aromatic rings. The summed E-state index contributed by atoms with van der Waals surface area (Å²) >= 11 is 3.18. The number of hydrazine groups is 1. The molecule has 0 aromatic heterocycles. The molecule has 1 atom stereocenters. The van der Waals surface area contributed by atoms with Gasteiger partial charge in [0, 0.05) is 10.9 Å². The van der Waals surface area contributed by atoms with Crippen LogP contribution in [-0.4, -0.2) is 24.5 Å². The molecule has 2 N–H and O–H groups in total. The molecule has 0 radical (unpaired) electrons. The lowest BCUT2D eigenvalue weighted by atomic mass is 10.1. The van der Waals surface area contributed by atoms with Gasteiger partial charge in [0.2, 0.25) is 12.0 Å². The average molecular weight is 423 g/mol. The third-order valence-electron chi connectivity index (χ3n) is 3.76. The van der Waals surface area contributed by atoms with E-state index in [-0.39, 0.29) is 25.3 Å². The van der Waals surface area contributed by atoms with Crippen molar-refractivity contribution >= 4 is 27.7 Å². The maximum atomic E-state index is 13.7. The second kappa shape index (κ2) is 8.18. The molecular formula is C18H16BrFN2O4. The highest BCUT2D eigenvalue weighted by Crippen LogP contribution is 2.30. The highest BCUT2D eigenvalue weighted by Gasteiger charge is 2.27. The molecule has 136 valence electrons. The molecule has 0 aliphatic carbocycles. The normalized spacial score (nSPS) is 15.2. The molecule has 3 rings (SSSR count). The van der Waals surface area contributed by atoms with Gasteiger partial charge in [-0.1, -0.05) is 34.1 Å². The van der Waals surface area contributed by atoms with E-state index in [9.17, 15) is 14.0 Å². The molecular weight excluding hydrogens is 407 g/mol. The van der Waals surface area contributed by atoms with Gasteiger partial charge in [-0.15, -0.1) is 0 Å². The number of carbonyl (C=O) groups excluding carboxylic acids is 2. The van der Waals surface area contributed by atoms with Crippen LogP contribution in [0, 0.1) is 5.82 Å². The summed E-state index contributed by atoms with van der Waals surface area (Å²) in [7, 11) is 0. The van der Waals surface area contributed by atoms with Crippen LogP contribution < -0.4 is 20.3 Å². The molecule has 0 saturated carbocycles. The molecule has 0 saturated heterocycles. The van der Waals surface area contributed by atoms with E-state index in [1.807, 2.05) is 0 Å². The summed E-state index contributed by atoms with van der Waals surface area (Å²) in [6.07, 6.45) is -0.616. The van der Waals surface area contributed by atoms with Crippen molar-refractivity contribution in [2.45, 2.75) is 18.9 Å². The number of hydrogen-bond donors (Lipinski definition) is 2. The lowest BCUT2D eigenvalue weighted by Crippen LogP contribution is -2.50. The number of aryl methyl sites for hydroxylation is 1. The molecule has 0 spiro atoms. The number of carbonyl (C=O) groups is 2. The van der Waals surface area contributed by atoms with E-state index in [1.165, 1.54) is 6.07 Å². The van der Waals surface area contributed by atoms with Crippen molar-refractivity contribution in [3.05, 3.63) is 58.3 Å². The fraction of sp³-hybridized carbons (Fsp3) is 0.222. The van der Waals surface area contributed by atoms with Gasteiger partial charge in [0.25, 0.3) is 5.91 Å². The lowest BCUT2D eigenvalue weighted by Gasteiger charge is -2.25. The molecule has 1 heterocycles. The zero-order valence-corrected chi connectivity index (χ0v) is 15.2. The smallest absolute Gasteiger partial charge is 0.283 e. The number of halogens is 2. The summed E-state index contributed by atoms with van der Waals surface area (Å²) in [5, 5.41) is 0. The van der Waals surface area contributed by atoms with E-state index < -0.39 is 17.9 Å². The van der Waals surface area contributed by atoms with Crippen LogP contribution in [0.3, 0.4) is 0 Å². The van der Waals surface area contributed by atoms with Crippen molar-refractivity contribution < 1.29 is 23.5 Å². The molecule has 0 bridgehead atoms. The first-order valence-electron chi connectivity index (χ1n) is 7.94. The standard InChI is InChI=1S/C18H16BrFN2O4/c19-12-7-5-11(13(20)9-12)6-8-17(23)21-22-18(24)16-10-25-14-3-1-2-4-15(14)26-16/h1-5,7,9,16H,6,8,10H2,(H,21,23)(H,22,24). The maximum Gasteiger partial charge on any atom is 0.283 e. The van der Waals surface area contributed by atoms with Crippen LogP contribution in [0.2, 0.25) is 0 Å². The van der Waals surface area contributed by atoms with Gasteiger partial charge in [-0.25, -0.2) is 4.39 Å². The minimum atomic E-state index is -0.867. The first-order valence-corrected chi connectivity index (χ1v) is 8.73. The Labute approximate surface area is 157 Å². The fourth-order valence-corrected chi connectivity index (χ4v) is 2.73. The topological polar surface area (TPSA) is 76.7 Å². The highest BCUT2D eigenvalue weighted by atomic mass is 79.9. The predicted octanol–water partition coefficient (Wildman–Crippen LogP) is 2.51. The van der Waals surface area contributed by atoms with E-state index >= 15 is 0 Å². The predicted molar refractivity (Wildman–Crippen MR) is 95.1 cm³/mol.